The summed E-state index contributed by atoms with van der Waals surface area (Å²) in [5.41, 5.74) is -3.68. The highest BCUT2D eigenvalue weighted by atomic mass is 35.5. The number of amides is 1. The number of aromatic nitrogens is 3. The summed E-state index contributed by atoms with van der Waals surface area (Å²) >= 11 is 12.0. The topological polar surface area (TPSA) is 68.1 Å². The summed E-state index contributed by atoms with van der Waals surface area (Å²) in [5, 5.41) is 3.54. The average molecular weight is 547 g/mol. The molecule has 0 radical (unpaired) electrons. The summed E-state index contributed by atoms with van der Waals surface area (Å²) in [6.45, 7) is -1.78. The summed E-state index contributed by atoms with van der Waals surface area (Å²) < 4.78 is 70.2. The first-order valence-electron chi connectivity index (χ1n) is 10.5. The third-order valence-electron chi connectivity index (χ3n) is 5.95. The van der Waals surface area contributed by atoms with Gasteiger partial charge in [0.15, 0.2) is 5.78 Å². The fourth-order valence-electron chi connectivity index (χ4n) is 3.86. The van der Waals surface area contributed by atoms with E-state index in [9.17, 15) is 31.5 Å². The second kappa shape index (κ2) is 9.78. The van der Waals surface area contributed by atoms with Crippen molar-refractivity contribution in [3.8, 4) is 5.69 Å². The maximum absolute atomic E-state index is 14.1. The van der Waals surface area contributed by atoms with Gasteiger partial charge in [-0.15, -0.1) is 0 Å². The van der Waals surface area contributed by atoms with Gasteiger partial charge in [0.1, 0.15) is 5.69 Å². The molecule has 36 heavy (non-hydrogen) atoms. The molecule has 0 N–H and O–H groups in total. The number of para-hydroxylation sites is 1. The van der Waals surface area contributed by atoms with Gasteiger partial charge in [-0.3, -0.25) is 14.6 Å². The number of nitrogens with zero attached hydrogens (tertiary/aromatic N) is 4. The quantitative estimate of drug-likeness (QED) is 0.250. The number of ketones is 1. The fraction of sp³-hybridized carbons (Fsp3) is 0.304. The molecule has 0 atom stereocenters. The van der Waals surface area contributed by atoms with Crippen molar-refractivity contribution in [1.82, 2.24) is 19.7 Å². The third kappa shape index (κ3) is 4.94. The Morgan fingerprint density at radius 2 is 1.67 bits per heavy atom. The Balaban J connectivity index is 1.74. The van der Waals surface area contributed by atoms with Gasteiger partial charge in [0.25, 0.3) is 12.3 Å². The third-order valence-corrected chi connectivity index (χ3v) is 6.52. The van der Waals surface area contributed by atoms with Crippen molar-refractivity contribution in [1.29, 1.82) is 0 Å². The lowest BCUT2D eigenvalue weighted by Gasteiger charge is -2.29. The molecule has 1 aliphatic carbocycles. The van der Waals surface area contributed by atoms with Gasteiger partial charge in [0.05, 0.1) is 45.0 Å². The molecule has 13 heteroatoms. The van der Waals surface area contributed by atoms with Crippen LogP contribution in [0.3, 0.4) is 0 Å². The minimum absolute atomic E-state index is 0.165. The van der Waals surface area contributed by atoms with Crippen LogP contribution in [-0.2, 0) is 0 Å². The minimum Gasteiger partial charge on any atom is -0.330 e. The zero-order valence-corrected chi connectivity index (χ0v) is 19.8. The smallest absolute Gasteiger partial charge is 0.330 e. The molecule has 3 aromatic rings. The van der Waals surface area contributed by atoms with Crippen molar-refractivity contribution in [3.63, 3.8) is 0 Å². The van der Waals surface area contributed by atoms with Crippen molar-refractivity contribution < 1.29 is 31.5 Å². The van der Waals surface area contributed by atoms with Crippen LogP contribution >= 0.6 is 23.2 Å². The zero-order chi connectivity index (χ0) is 26.3. The van der Waals surface area contributed by atoms with E-state index in [0.717, 1.165) is 23.3 Å². The van der Waals surface area contributed by atoms with Crippen LogP contribution in [0.4, 0.5) is 22.0 Å². The van der Waals surface area contributed by atoms with Gasteiger partial charge >= 0.3 is 6.18 Å². The molecular formula is C23H17Cl2F5N4O2. The van der Waals surface area contributed by atoms with E-state index < -0.39 is 54.1 Å². The molecule has 1 fully saturated rings. The first kappa shape index (κ1) is 26.0. The average Bonchev–Trinajstić information content (AvgIpc) is 3.47. The lowest BCUT2D eigenvalue weighted by molar-refractivity contribution is -0.189. The molecule has 0 unspecified atom stereocenters. The Kier molecular flexibility index (Phi) is 7.07. The lowest BCUT2D eigenvalue weighted by atomic mass is 10.0. The molecular weight excluding hydrogens is 530 g/mol. The van der Waals surface area contributed by atoms with Crippen LogP contribution in [0.1, 0.15) is 45.7 Å². The second-order valence-corrected chi connectivity index (χ2v) is 9.15. The van der Waals surface area contributed by atoms with Crippen molar-refractivity contribution >= 4 is 34.9 Å². The molecule has 1 aromatic carbocycles. The largest absolute Gasteiger partial charge is 0.396 e. The van der Waals surface area contributed by atoms with Gasteiger partial charge in [0.2, 0.25) is 0 Å². The standard InChI is InChI=1S/C23H17Cl2F5N4O2/c24-15-9-31-10-16(25)18(15)17(35)11-33(12-22(6-7-22)23(28,29)30)21(36)14-8-32-34(19(14)20(26)27)13-4-2-1-3-5-13/h1-5,8-10,20H,6-7,11-12H2. The molecule has 2 heterocycles. The summed E-state index contributed by atoms with van der Waals surface area (Å²) in [6, 6.07) is 7.74. The molecule has 1 saturated carbocycles. The monoisotopic (exact) mass is 546 g/mol. The highest BCUT2D eigenvalue weighted by molar-refractivity contribution is 6.39. The molecule has 4 rings (SSSR count). The zero-order valence-electron chi connectivity index (χ0n) is 18.3. The number of benzene rings is 1. The van der Waals surface area contributed by atoms with Gasteiger partial charge in [-0.1, -0.05) is 41.4 Å². The molecule has 190 valence electrons. The molecule has 0 aliphatic heterocycles. The van der Waals surface area contributed by atoms with E-state index in [2.05, 4.69) is 10.1 Å². The number of rotatable bonds is 8. The summed E-state index contributed by atoms with van der Waals surface area (Å²) in [6.07, 6.45) is -5.31. The number of alkyl halides is 5. The van der Waals surface area contributed by atoms with E-state index in [1.54, 1.807) is 18.2 Å². The van der Waals surface area contributed by atoms with Crippen molar-refractivity contribution in [3.05, 3.63) is 75.8 Å². The van der Waals surface area contributed by atoms with E-state index in [0.29, 0.717) is 4.90 Å². The predicted octanol–water partition coefficient (Wildman–Crippen LogP) is 6.18. The van der Waals surface area contributed by atoms with Gasteiger partial charge < -0.3 is 4.90 Å². The number of hydrogen-bond acceptors (Lipinski definition) is 4. The van der Waals surface area contributed by atoms with Crippen LogP contribution in [0.25, 0.3) is 5.69 Å². The molecule has 0 spiro atoms. The van der Waals surface area contributed by atoms with E-state index >= 15 is 0 Å². The number of carbonyl (C=O) groups excluding carboxylic acids is 2. The van der Waals surface area contributed by atoms with Crippen LogP contribution in [0.15, 0.2) is 48.9 Å². The van der Waals surface area contributed by atoms with Gasteiger partial charge in [0, 0.05) is 18.9 Å². The maximum Gasteiger partial charge on any atom is 0.396 e. The van der Waals surface area contributed by atoms with Gasteiger partial charge in [-0.05, 0) is 25.0 Å². The number of halogens is 7. The Hall–Kier alpha value is -3.05. The molecule has 1 amide bonds. The van der Waals surface area contributed by atoms with E-state index in [-0.39, 0.29) is 34.1 Å². The Morgan fingerprint density at radius 1 is 1.06 bits per heavy atom. The summed E-state index contributed by atoms with van der Waals surface area (Å²) in [5.74, 6) is -2.06. The minimum atomic E-state index is -4.67. The number of carbonyl (C=O) groups is 2. The number of pyridine rings is 1. The van der Waals surface area contributed by atoms with Crippen molar-refractivity contribution in [2.24, 2.45) is 5.41 Å². The van der Waals surface area contributed by atoms with Gasteiger partial charge in [-0.2, -0.15) is 18.3 Å². The number of hydrogen-bond donors (Lipinski definition) is 0. The number of Topliss-reactive ketones (excluding diaryl/α,β-unsaturated/α-hetero) is 1. The Morgan fingerprint density at radius 3 is 2.19 bits per heavy atom. The second-order valence-electron chi connectivity index (χ2n) is 8.33. The molecule has 2 aromatic heterocycles. The molecule has 1 aliphatic rings. The highest BCUT2D eigenvalue weighted by Gasteiger charge is 2.64. The predicted molar refractivity (Wildman–Crippen MR) is 121 cm³/mol. The van der Waals surface area contributed by atoms with Crippen molar-refractivity contribution in [2.75, 3.05) is 13.1 Å². The van der Waals surface area contributed by atoms with Crippen LogP contribution < -0.4 is 0 Å². The molecule has 0 bridgehead atoms. The first-order chi connectivity index (χ1) is 16.9. The summed E-state index contributed by atoms with van der Waals surface area (Å²) in [4.78, 5) is 30.7. The van der Waals surface area contributed by atoms with E-state index in [1.807, 2.05) is 0 Å². The summed E-state index contributed by atoms with van der Waals surface area (Å²) in [7, 11) is 0. The highest BCUT2D eigenvalue weighted by Crippen LogP contribution is 2.58. The molecule has 0 saturated heterocycles. The maximum atomic E-state index is 14.1. The van der Waals surface area contributed by atoms with Crippen molar-refractivity contribution in [2.45, 2.75) is 25.4 Å². The molecule has 6 nitrogen and oxygen atoms in total. The van der Waals surface area contributed by atoms with Gasteiger partial charge in [-0.25, -0.2) is 13.5 Å². The van der Waals surface area contributed by atoms with Crippen LogP contribution in [0.2, 0.25) is 10.0 Å². The van der Waals surface area contributed by atoms with Crippen LogP contribution in [0, 0.1) is 5.41 Å². The SMILES string of the molecule is O=C(CN(CC1(C(F)(F)F)CC1)C(=O)c1cnn(-c2ccccc2)c1C(F)F)c1c(Cl)cncc1Cl. The van der Waals surface area contributed by atoms with E-state index in [4.69, 9.17) is 23.2 Å². The fourth-order valence-corrected chi connectivity index (χ4v) is 4.43. The van der Waals surface area contributed by atoms with E-state index in [1.165, 1.54) is 12.1 Å². The van der Waals surface area contributed by atoms with Crippen LogP contribution in [-0.4, -0.2) is 50.6 Å². The normalized spacial score (nSPS) is 14.7. The van der Waals surface area contributed by atoms with Crippen LogP contribution in [0.5, 0.6) is 0 Å². The Labute approximate surface area is 211 Å². The lowest BCUT2D eigenvalue weighted by Crippen LogP contribution is -2.44. The Bertz CT molecular complexity index is 1270. The first-order valence-corrected chi connectivity index (χ1v) is 11.3.